The van der Waals surface area contributed by atoms with Gasteiger partial charge in [-0.1, -0.05) is 31.6 Å². The Balaban J connectivity index is 1.78. The first kappa shape index (κ1) is 19.5. The van der Waals surface area contributed by atoms with Crippen LogP contribution in [0.5, 0.6) is 0 Å². The largest absolute Gasteiger partial charge is 0.206 e. The Morgan fingerprint density at radius 1 is 0.815 bits per heavy atom. The molecule has 0 spiro atoms. The molecule has 1 saturated carbocycles. The van der Waals surface area contributed by atoms with Crippen molar-refractivity contribution >= 4 is 0 Å². The van der Waals surface area contributed by atoms with Crippen molar-refractivity contribution in [2.75, 3.05) is 0 Å². The van der Waals surface area contributed by atoms with Crippen LogP contribution in [0.15, 0.2) is 30.3 Å². The van der Waals surface area contributed by atoms with Crippen molar-refractivity contribution in [2.45, 2.75) is 51.4 Å². The van der Waals surface area contributed by atoms with E-state index < -0.39 is 23.3 Å². The lowest BCUT2D eigenvalue weighted by Gasteiger charge is -2.28. The smallest absolute Gasteiger partial charge is 0.160 e. The Hall–Kier alpha value is -2.28. The maximum absolute atomic E-state index is 14.4. The van der Waals surface area contributed by atoms with E-state index in [4.69, 9.17) is 0 Å². The van der Waals surface area contributed by atoms with Gasteiger partial charge in [-0.2, -0.15) is 0 Å². The van der Waals surface area contributed by atoms with Gasteiger partial charge in [0.1, 0.15) is 11.6 Å². The van der Waals surface area contributed by atoms with Gasteiger partial charge in [-0.05, 0) is 73.4 Å². The van der Waals surface area contributed by atoms with E-state index in [1.807, 2.05) is 0 Å². The Labute approximate surface area is 157 Å². The molecule has 0 nitrogen and oxygen atoms in total. The van der Waals surface area contributed by atoms with Crippen molar-refractivity contribution in [1.29, 1.82) is 0 Å². The van der Waals surface area contributed by atoms with Crippen molar-refractivity contribution in [3.8, 4) is 11.8 Å². The third kappa shape index (κ3) is 4.71. The van der Waals surface area contributed by atoms with Crippen molar-refractivity contribution < 1.29 is 17.6 Å². The average molecular weight is 374 g/mol. The van der Waals surface area contributed by atoms with Crippen LogP contribution >= 0.6 is 0 Å². The molecule has 1 aliphatic rings. The Morgan fingerprint density at radius 3 is 2.07 bits per heavy atom. The lowest BCUT2D eigenvalue weighted by Crippen LogP contribution is -2.13. The van der Waals surface area contributed by atoms with Crippen molar-refractivity contribution in [1.82, 2.24) is 0 Å². The van der Waals surface area contributed by atoms with Crippen LogP contribution < -0.4 is 0 Å². The molecule has 1 aliphatic carbocycles. The van der Waals surface area contributed by atoms with E-state index in [0.717, 1.165) is 43.7 Å². The third-order valence-corrected chi connectivity index (χ3v) is 5.33. The highest BCUT2D eigenvalue weighted by molar-refractivity contribution is 5.45. The second-order valence-corrected chi connectivity index (χ2v) is 7.24. The lowest BCUT2D eigenvalue weighted by molar-refractivity contribution is 0.307. The van der Waals surface area contributed by atoms with E-state index in [9.17, 15) is 17.6 Å². The molecule has 27 heavy (non-hydrogen) atoms. The standard InChI is InChI=1S/C23H22F4/c1-2-3-15-4-8-17(9-5-15)18-13-21(25)19(22(26)14-18)10-6-16-7-11-20(24)23(27)12-16/h7,11-15,17H,2-5,8-9H2,1H3. The molecule has 0 heterocycles. The molecular formula is C23H22F4. The van der Waals surface area contributed by atoms with Gasteiger partial charge in [0, 0.05) is 5.56 Å². The monoisotopic (exact) mass is 374 g/mol. The van der Waals surface area contributed by atoms with Crippen molar-refractivity contribution in [3.05, 3.63) is 70.3 Å². The highest BCUT2D eigenvalue weighted by atomic mass is 19.2. The van der Waals surface area contributed by atoms with E-state index in [2.05, 4.69) is 18.8 Å². The molecule has 4 heteroatoms. The summed E-state index contributed by atoms with van der Waals surface area (Å²) in [6.45, 7) is 2.18. The summed E-state index contributed by atoms with van der Waals surface area (Å²) in [5, 5.41) is 0. The summed E-state index contributed by atoms with van der Waals surface area (Å²) in [5.41, 5.74) is 0.493. The summed E-state index contributed by atoms with van der Waals surface area (Å²) >= 11 is 0. The Kier molecular flexibility index (Phi) is 6.21. The van der Waals surface area contributed by atoms with Crippen LogP contribution in [0.3, 0.4) is 0 Å². The van der Waals surface area contributed by atoms with E-state index in [1.54, 1.807) is 0 Å². The molecule has 1 fully saturated rings. The van der Waals surface area contributed by atoms with Crippen molar-refractivity contribution in [2.24, 2.45) is 5.92 Å². The number of halogens is 4. The third-order valence-electron chi connectivity index (χ3n) is 5.33. The number of rotatable bonds is 3. The summed E-state index contributed by atoms with van der Waals surface area (Å²) in [6, 6.07) is 5.84. The predicted octanol–water partition coefficient (Wildman–Crippen LogP) is 6.72. The van der Waals surface area contributed by atoms with Crippen LogP contribution in [-0.4, -0.2) is 0 Å². The fourth-order valence-electron chi connectivity index (χ4n) is 3.85. The second kappa shape index (κ2) is 8.61. The number of hydrogen-bond acceptors (Lipinski definition) is 0. The Bertz CT molecular complexity index is 845. The van der Waals surface area contributed by atoms with E-state index >= 15 is 0 Å². The zero-order chi connectivity index (χ0) is 19.4. The minimum absolute atomic E-state index is 0.158. The molecule has 142 valence electrons. The first-order chi connectivity index (χ1) is 13.0. The maximum atomic E-state index is 14.4. The van der Waals surface area contributed by atoms with Crippen LogP contribution in [0.2, 0.25) is 0 Å². The van der Waals surface area contributed by atoms with Gasteiger partial charge in [0.05, 0.1) is 5.56 Å². The van der Waals surface area contributed by atoms with Crippen LogP contribution in [0, 0.1) is 41.0 Å². The number of hydrogen-bond donors (Lipinski definition) is 0. The molecule has 0 radical (unpaired) electrons. The zero-order valence-electron chi connectivity index (χ0n) is 15.3. The maximum Gasteiger partial charge on any atom is 0.160 e. The normalized spacial score (nSPS) is 19.4. The molecule has 0 N–H and O–H groups in total. The summed E-state index contributed by atoms with van der Waals surface area (Å²) in [4.78, 5) is 0. The predicted molar refractivity (Wildman–Crippen MR) is 98.3 cm³/mol. The van der Waals surface area contributed by atoms with E-state index in [1.165, 1.54) is 31.0 Å². The van der Waals surface area contributed by atoms with Gasteiger partial charge < -0.3 is 0 Å². The van der Waals surface area contributed by atoms with E-state index in [-0.39, 0.29) is 17.0 Å². The molecule has 0 aromatic heterocycles. The quantitative estimate of drug-likeness (QED) is 0.413. The molecule has 0 atom stereocenters. The summed E-state index contributed by atoms with van der Waals surface area (Å²) in [7, 11) is 0. The summed E-state index contributed by atoms with van der Waals surface area (Å²) in [6.07, 6.45) is 6.48. The molecule has 0 aliphatic heterocycles. The van der Waals surface area contributed by atoms with Crippen LogP contribution in [0.25, 0.3) is 0 Å². The molecule has 0 bridgehead atoms. The van der Waals surface area contributed by atoms with Crippen LogP contribution in [-0.2, 0) is 0 Å². The van der Waals surface area contributed by atoms with Gasteiger partial charge in [-0.25, -0.2) is 17.6 Å². The first-order valence-corrected chi connectivity index (χ1v) is 9.44. The SMILES string of the molecule is CCCC1CCC(c2cc(F)c(C#Cc3ccc(F)c(F)c3)c(F)c2)CC1. The highest BCUT2D eigenvalue weighted by Gasteiger charge is 2.23. The molecule has 0 unspecified atom stereocenters. The fourth-order valence-corrected chi connectivity index (χ4v) is 3.85. The molecule has 2 aromatic rings. The van der Waals surface area contributed by atoms with Gasteiger partial charge >= 0.3 is 0 Å². The molecule has 0 saturated heterocycles. The summed E-state index contributed by atoms with van der Waals surface area (Å²) < 4.78 is 55.0. The minimum atomic E-state index is -1.04. The minimum Gasteiger partial charge on any atom is -0.206 e. The second-order valence-electron chi connectivity index (χ2n) is 7.24. The topological polar surface area (TPSA) is 0 Å². The number of benzene rings is 2. The van der Waals surface area contributed by atoms with Gasteiger partial charge in [0.15, 0.2) is 11.6 Å². The van der Waals surface area contributed by atoms with Crippen LogP contribution in [0.4, 0.5) is 17.6 Å². The highest BCUT2D eigenvalue weighted by Crippen LogP contribution is 2.38. The molecule has 0 amide bonds. The molecule has 3 rings (SSSR count). The first-order valence-electron chi connectivity index (χ1n) is 9.44. The molecule has 2 aromatic carbocycles. The van der Waals surface area contributed by atoms with E-state index in [0.29, 0.717) is 5.56 Å². The molecular weight excluding hydrogens is 352 g/mol. The van der Waals surface area contributed by atoms with Gasteiger partial charge in [0.25, 0.3) is 0 Å². The van der Waals surface area contributed by atoms with Crippen molar-refractivity contribution in [3.63, 3.8) is 0 Å². The zero-order valence-corrected chi connectivity index (χ0v) is 15.3. The lowest BCUT2D eigenvalue weighted by atomic mass is 9.77. The van der Waals surface area contributed by atoms with Gasteiger partial charge in [-0.3, -0.25) is 0 Å². The summed E-state index contributed by atoms with van der Waals surface area (Å²) in [5.74, 6) is 2.34. The van der Waals surface area contributed by atoms with Gasteiger partial charge in [0.2, 0.25) is 0 Å². The average Bonchev–Trinajstić information content (AvgIpc) is 2.64. The van der Waals surface area contributed by atoms with Crippen LogP contribution in [0.1, 0.15) is 68.1 Å². The Morgan fingerprint density at radius 2 is 1.48 bits per heavy atom. The fraction of sp³-hybridized carbons (Fsp3) is 0.391. The van der Waals surface area contributed by atoms with Gasteiger partial charge in [-0.15, -0.1) is 0 Å².